The monoisotopic (exact) mass is 350 g/mol. The molecule has 25 heavy (non-hydrogen) atoms. The topological polar surface area (TPSA) is 72.8 Å². The van der Waals surface area contributed by atoms with E-state index in [0.717, 1.165) is 0 Å². The Hall–Kier alpha value is -1.62. The second kappa shape index (κ2) is 8.17. The smallest absolute Gasteiger partial charge is 0.334 e. The maximum Gasteiger partial charge on any atom is 0.334 e. The van der Waals surface area contributed by atoms with Crippen LogP contribution in [0, 0.1) is 17.8 Å². The lowest BCUT2D eigenvalue weighted by atomic mass is 9.78. The number of hydrogen-bond acceptors (Lipinski definition) is 5. The third-order valence-electron chi connectivity index (χ3n) is 5.45. The molecule has 1 aliphatic heterocycles. The van der Waals surface area contributed by atoms with E-state index < -0.39 is 12.2 Å². The summed E-state index contributed by atoms with van der Waals surface area (Å²) in [4.78, 5) is 24.5. The lowest BCUT2D eigenvalue weighted by Crippen LogP contribution is -2.41. The van der Waals surface area contributed by atoms with E-state index in [4.69, 9.17) is 9.47 Å². The minimum Gasteiger partial charge on any atom is -0.459 e. The average molecular weight is 350 g/mol. The quantitative estimate of drug-likeness (QED) is 0.625. The van der Waals surface area contributed by atoms with Gasteiger partial charge in [-0.3, -0.25) is 0 Å². The Labute approximate surface area is 150 Å². The highest BCUT2D eigenvalue weighted by Crippen LogP contribution is 2.37. The summed E-state index contributed by atoms with van der Waals surface area (Å²) >= 11 is 0. The van der Waals surface area contributed by atoms with Crippen LogP contribution < -0.4 is 0 Å². The van der Waals surface area contributed by atoms with E-state index in [2.05, 4.69) is 13.8 Å². The third kappa shape index (κ3) is 4.51. The van der Waals surface area contributed by atoms with Crippen LogP contribution in [-0.4, -0.2) is 35.4 Å². The molecule has 1 heterocycles. The Bertz CT molecular complexity index is 575. The number of rotatable bonds is 3. The number of allylic oxidation sites excluding steroid dienone is 1. The number of fused-ring (bicyclic) bond motifs is 2. The van der Waals surface area contributed by atoms with E-state index in [0.29, 0.717) is 30.4 Å². The Morgan fingerprint density at radius 3 is 2.72 bits per heavy atom. The largest absolute Gasteiger partial charge is 0.459 e. The molecule has 0 spiro atoms. The van der Waals surface area contributed by atoms with Crippen LogP contribution in [-0.2, 0) is 19.1 Å². The average Bonchev–Trinajstić information content (AvgIpc) is 2.90. The van der Waals surface area contributed by atoms with Crippen LogP contribution in [0.1, 0.15) is 53.9 Å². The molecule has 5 atom stereocenters. The normalized spacial score (nSPS) is 35.8. The molecule has 140 valence electrons. The van der Waals surface area contributed by atoms with E-state index in [-0.39, 0.29) is 35.8 Å². The fraction of sp³-hybridized carbons (Fsp3) is 0.700. The maximum atomic E-state index is 12.3. The highest BCUT2D eigenvalue weighted by molar-refractivity contribution is 5.90. The van der Waals surface area contributed by atoms with Crippen LogP contribution in [0.2, 0.25) is 0 Å². The number of carbonyl (C=O) groups excluding carboxylic acids is 2. The maximum absolute atomic E-state index is 12.3. The zero-order chi connectivity index (χ0) is 18.7. The molecule has 1 fully saturated rings. The molecule has 1 N–H and O–H groups in total. The fourth-order valence-corrected chi connectivity index (χ4v) is 3.69. The molecule has 2 bridgehead atoms. The number of aliphatic hydroxyl groups is 1. The van der Waals surface area contributed by atoms with Crippen LogP contribution in [0.4, 0.5) is 0 Å². The van der Waals surface area contributed by atoms with Gasteiger partial charge in [0, 0.05) is 23.5 Å². The van der Waals surface area contributed by atoms with Gasteiger partial charge >= 0.3 is 11.9 Å². The predicted molar refractivity (Wildman–Crippen MR) is 94.6 cm³/mol. The number of esters is 2. The van der Waals surface area contributed by atoms with E-state index in [1.807, 2.05) is 6.92 Å². The van der Waals surface area contributed by atoms with E-state index >= 15 is 0 Å². The van der Waals surface area contributed by atoms with Gasteiger partial charge in [-0.2, -0.15) is 0 Å². The van der Waals surface area contributed by atoms with Crippen molar-refractivity contribution in [2.45, 2.75) is 72.2 Å². The standard InChI is InChI=1S/C20H30O5/c1-6-12(4)19(22)24-16-9-13(5)15(21)8-7-14-10-17(25-20(14)23)18(16)11(2)3/h6-7,11,13,15-18,21H,8-10H2,1-5H3/b12-6+,14-7+/t13-,15+,16+,17+,18+/m1/s1. The van der Waals surface area contributed by atoms with Gasteiger partial charge in [0.25, 0.3) is 0 Å². The number of ether oxygens (including phenoxy) is 2. The lowest BCUT2D eigenvalue weighted by molar-refractivity contribution is -0.157. The molecule has 5 heteroatoms. The Balaban J connectivity index is 2.36. The highest BCUT2D eigenvalue weighted by Gasteiger charge is 2.43. The van der Waals surface area contributed by atoms with Gasteiger partial charge in [0.05, 0.1) is 6.10 Å². The fourth-order valence-electron chi connectivity index (χ4n) is 3.69. The summed E-state index contributed by atoms with van der Waals surface area (Å²) < 4.78 is 11.4. The van der Waals surface area contributed by atoms with E-state index in [1.165, 1.54) is 0 Å². The summed E-state index contributed by atoms with van der Waals surface area (Å²) in [6.45, 7) is 9.58. The molecule has 0 unspecified atom stereocenters. The molecule has 1 aliphatic carbocycles. The van der Waals surface area contributed by atoms with Crippen molar-refractivity contribution in [1.29, 1.82) is 0 Å². The first-order chi connectivity index (χ1) is 11.7. The zero-order valence-electron chi connectivity index (χ0n) is 15.8. The summed E-state index contributed by atoms with van der Waals surface area (Å²) in [6.07, 6.45) is 3.74. The molecule has 5 nitrogen and oxygen atoms in total. The van der Waals surface area contributed by atoms with Crippen molar-refractivity contribution in [3.8, 4) is 0 Å². The van der Waals surface area contributed by atoms with Crippen molar-refractivity contribution in [1.82, 2.24) is 0 Å². The summed E-state index contributed by atoms with van der Waals surface area (Å²) in [7, 11) is 0. The molecule has 2 rings (SSSR count). The third-order valence-corrected chi connectivity index (χ3v) is 5.45. The second-order valence-electron chi connectivity index (χ2n) is 7.63. The molecular formula is C20H30O5. The molecule has 0 aromatic heterocycles. The molecule has 0 aromatic rings. The van der Waals surface area contributed by atoms with Gasteiger partial charge in [-0.05, 0) is 38.5 Å². The second-order valence-corrected chi connectivity index (χ2v) is 7.63. The van der Waals surface area contributed by atoms with Gasteiger partial charge in [0.1, 0.15) is 12.2 Å². The van der Waals surface area contributed by atoms with Crippen molar-refractivity contribution in [2.75, 3.05) is 0 Å². The first-order valence-corrected chi connectivity index (χ1v) is 9.16. The number of aliphatic hydroxyl groups excluding tert-OH is 1. The van der Waals surface area contributed by atoms with Crippen LogP contribution >= 0.6 is 0 Å². The van der Waals surface area contributed by atoms with Crippen LogP contribution in [0.25, 0.3) is 0 Å². The van der Waals surface area contributed by atoms with Crippen molar-refractivity contribution < 1.29 is 24.2 Å². The first kappa shape index (κ1) is 19.7. The highest BCUT2D eigenvalue weighted by atomic mass is 16.6. The summed E-state index contributed by atoms with van der Waals surface area (Å²) in [5.74, 6) is -0.639. The van der Waals surface area contributed by atoms with Crippen molar-refractivity contribution in [3.05, 3.63) is 23.3 Å². The lowest BCUT2D eigenvalue weighted by Gasteiger charge is -2.35. The van der Waals surface area contributed by atoms with E-state index in [9.17, 15) is 14.7 Å². The van der Waals surface area contributed by atoms with Crippen LogP contribution in [0.3, 0.4) is 0 Å². The molecule has 0 radical (unpaired) electrons. The summed E-state index contributed by atoms with van der Waals surface area (Å²) in [5, 5.41) is 10.4. The minimum atomic E-state index is -0.575. The Morgan fingerprint density at radius 2 is 2.12 bits per heavy atom. The van der Waals surface area contributed by atoms with Gasteiger partial charge in [-0.1, -0.05) is 32.9 Å². The minimum absolute atomic E-state index is 0.0468. The first-order valence-electron chi connectivity index (χ1n) is 9.16. The number of carbonyl (C=O) groups is 2. The van der Waals surface area contributed by atoms with Gasteiger partial charge in [0.15, 0.2) is 0 Å². The van der Waals surface area contributed by atoms with Gasteiger partial charge < -0.3 is 14.6 Å². The zero-order valence-corrected chi connectivity index (χ0v) is 15.8. The molecule has 2 aliphatic rings. The predicted octanol–water partition coefficient (Wildman–Crippen LogP) is 3.17. The van der Waals surface area contributed by atoms with E-state index in [1.54, 1.807) is 26.0 Å². The van der Waals surface area contributed by atoms with Crippen molar-refractivity contribution in [3.63, 3.8) is 0 Å². The molecular weight excluding hydrogens is 320 g/mol. The van der Waals surface area contributed by atoms with Gasteiger partial charge in [-0.15, -0.1) is 0 Å². The Kier molecular flexibility index (Phi) is 6.44. The van der Waals surface area contributed by atoms with Crippen molar-refractivity contribution >= 4 is 11.9 Å². The summed E-state index contributed by atoms with van der Waals surface area (Å²) in [6, 6.07) is 0. The Morgan fingerprint density at radius 1 is 1.44 bits per heavy atom. The molecule has 0 saturated carbocycles. The SMILES string of the molecule is C/C=C(\C)C(=O)O[C@H]1C[C@@H](C)[C@@H](O)C/C=C2\C[C@H](OC2=O)[C@H]1C(C)C. The van der Waals surface area contributed by atoms with Crippen LogP contribution in [0.15, 0.2) is 23.3 Å². The van der Waals surface area contributed by atoms with Crippen molar-refractivity contribution in [2.24, 2.45) is 17.8 Å². The summed E-state index contributed by atoms with van der Waals surface area (Å²) in [5.41, 5.74) is 1.18. The molecule has 0 amide bonds. The number of hydrogen-bond donors (Lipinski definition) is 1. The van der Waals surface area contributed by atoms with Gasteiger partial charge in [-0.25, -0.2) is 9.59 Å². The van der Waals surface area contributed by atoms with Gasteiger partial charge in [0.2, 0.25) is 0 Å². The molecule has 0 aromatic carbocycles. The van der Waals surface area contributed by atoms with Crippen LogP contribution in [0.5, 0.6) is 0 Å². The molecule has 1 saturated heterocycles.